The van der Waals surface area contributed by atoms with Gasteiger partial charge in [0.2, 0.25) is 0 Å². The van der Waals surface area contributed by atoms with E-state index in [0.29, 0.717) is 6.04 Å². The summed E-state index contributed by atoms with van der Waals surface area (Å²) >= 11 is 0. The highest BCUT2D eigenvalue weighted by atomic mass is 19.1. The SMILES string of the molecule is CC(C)N1CCc2c(c3ccccc3n2CCc2cncc(F)c2)C1. The number of halogens is 1. The average Bonchev–Trinajstić information content (AvgIpc) is 2.93. The second kappa shape index (κ2) is 6.60. The zero-order valence-corrected chi connectivity index (χ0v) is 14.9. The zero-order chi connectivity index (χ0) is 17.4. The van der Waals surface area contributed by atoms with Crippen LogP contribution in [0.3, 0.4) is 0 Å². The van der Waals surface area contributed by atoms with Gasteiger partial charge in [-0.3, -0.25) is 9.88 Å². The van der Waals surface area contributed by atoms with Crippen molar-refractivity contribution in [2.24, 2.45) is 0 Å². The van der Waals surface area contributed by atoms with E-state index in [4.69, 9.17) is 0 Å². The van der Waals surface area contributed by atoms with Crippen LogP contribution in [0.1, 0.15) is 30.7 Å². The van der Waals surface area contributed by atoms with Crippen molar-refractivity contribution in [3.05, 3.63) is 65.4 Å². The lowest BCUT2D eigenvalue weighted by molar-refractivity contribution is 0.202. The summed E-state index contributed by atoms with van der Waals surface area (Å²) in [5, 5.41) is 1.36. The van der Waals surface area contributed by atoms with Crippen molar-refractivity contribution in [1.82, 2.24) is 14.5 Å². The van der Waals surface area contributed by atoms with Crippen molar-refractivity contribution in [2.45, 2.75) is 45.8 Å². The monoisotopic (exact) mass is 337 g/mol. The largest absolute Gasteiger partial charge is 0.344 e. The summed E-state index contributed by atoms with van der Waals surface area (Å²) in [6, 6.07) is 10.8. The number of fused-ring (bicyclic) bond motifs is 3. The van der Waals surface area contributed by atoms with E-state index in [-0.39, 0.29) is 5.82 Å². The molecule has 0 spiro atoms. The lowest BCUT2D eigenvalue weighted by atomic mass is 10.0. The molecule has 1 aliphatic heterocycles. The Labute approximate surface area is 148 Å². The molecule has 0 N–H and O–H groups in total. The van der Waals surface area contributed by atoms with Gasteiger partial charge >= 0.3 is 0 Å². The number of benzene rings is 1. The summed E-state index contributed by atoms with van der Waals surface area (Å²) in [4.78, 5) is 6.51. The molecule has 4 rings (SSSR count). The third-order valence-electron chi connectivity index (χ3n) is 5.31. The van der Waals surface area contributed by atoms with Crippen molar-refractivity contribution in [3.63, 3.8) is 0 Å². The fourth-order valence-electron chi connectivity index (χ4n) is 3.95. The van der Waals surface area contributed by atoms with Gasteiger partial charge in [-0.2, -0.15) is 0 Å². The fourth-order valence-corrected chi connectivity index (χ4v) is 3.95. The van der Waals surface area contributed by atoms with E-state index in [9.17, 15) is 4.39 Å². The number of rotatable bonds is 4. The number of hydrogen-bond acceptors (Lipinski definition) is 2. The predicted octanol–water partition coefficient (Wildman–Crippen LogP) is 4.18. The second-order valence-electron chi connectivity index (χ2n) is 7.17. The minimum atomic E-state index is -0.260. The van der Waals surface area contributed by atoms with Crippen LogP contribution in [0.4, 0.5) is 4.39 Å². The van der Waals surface area contributed by atoms with Crippen LogP contribution in [0.2, 0.25) is 0 Å². The van der Waals surface area contributed by atoms with E-state index in [1.807, 2.05) is 0 Å². The van der Waals surface area contributed by atoms with E-state index in [1.54, 1.807) is 12.3 Å². The van der Waals surface area contributed by atoms with Crippen LogP contribution in [-0.4, -0.2) is 27.0 Å². The number of aromatic nitrogens is 2. The third kappa shape index (κ3) is 3.07. The predicted molar refractivity (Wildman–Crippen MR) is 99.1 cm³/mol. The molecule has 25 heavy (non-hydrogen) atoms. The smallest absolute Gasteiger partial charge is 0.141 e. The molecule has 3 aromatic rings. The van der Waals surface area contributed by atoms with Crippen LogP contribution in [0.5, 0.6) is 0 Å². The van der Waals surface area contributed by atoms with Crippen molar-refractivity contribution in [2.75, 3.05) is 6.54 Å². The Kier molecular flexibility index (Phi) is 4.30. The van der Waals surface area contributed by atoms with Gasteiger partial charge in [0.25, 0.3) is 0 Å². The molecule has 0 saturated carbocycles. The molecule has 0 bridgehead atoms. The van der Waals surface area contributed by atoms with E-state index < -0.39 is 0 Å². The minimum Gasteiger partial charge on any atom is -0.344 e. The van der Waals surface area contributed by atoms with Gasteiger partial charge in [-0.1, -0.05) is 18.2 Å². The van der Waals surface area contributed by atoms with Gasteiger partial charge in [0, 0.05) is 54.9 Å². The molecule has 4 heteroatoms. The molecular formula is C21H24FN3. The highest BCUT2D eigenvalue weighted by Gasteiger charge is 2.24. The lowest BCUT2D eigenvalue weighted by Crippen LogP contribution is -2.36. The topological polar surface area (TPSA) is 21.1 Å². The first kappa shape index (κ1) is 16.3. The molecule has 0 fully saturated rings. The van der Waals surface area contributed by atoms with E-state index in [1.165, 1.54) is 28.4 Å². The third-order valence-corrected chi connectivity index (χ3v) is 5.31. The molecule has 0 unspecified atom stereocenters. The van der Waals surface area contributed by atoms with Crippen LogP contribution in [0.15, 0.2) is 42.7 Å². The number of pyridine rings is 1. The molecule has 130 valence electrons. The quantitative estimate of drug-likeness (QED) is 0.712. The Morgan fingerprint density at radius 1 is 1.20 bits per heavy atom. The van der Waals surface area contributed by atoms with Crippen LogP contribution in [0.25, 0.3) is 10.9 Å². The highest BCUT2D eigenvalue weighted by Crippen LogP contribution is 2.31. The molecule has 0 radical (unpaired) electrons. The Morgan fingerprint density at radius 2 is 2.04 bits per heavy atom. The van der Waals surface area contributed by atoms with Gasteiger partial charge in [-0.15, -0.1) is 0 Å². The van der Waals surface area contributed by atoms with E-state index in [2.05, 4.69) is 52.6 Å². The van der Waals surface area contributed by atoms with Gasteiger partial charge in [0.15, 0.2) is 0 Å². The van der Waals surface area contributed by atoms with Crippen LogP contribution in [0, 0.1) is 5.82 Å². The summed E-state index contributed by atoms with van der Waals surface area (Å²) in [6.45, 7) is 7.51. The molecule has 0 amide bonds. The van der Waals surface area contributed by atoms with E-state index >= 15 is 0 Å². The molecule has 1 aliphatic rings. The maximum absolute atomic E-state index is 13.4. The number of para-hydroxylation sites is 1. The molecular weight excluding hydrogens is 313 g/mol. The lowest BCUT2D eigenvalue weighted by Gasteiger charge is -2.31. The van der Waals surface area contributed by atoms with Gasteiger partial charge in [-0.25, -0.2) is 4.39 Å². The Bertz CT molecular complexity index is 897. The van der Waals surface area contributed by atoms with Crippen molar-refractivity contribution in [3.8, 4) is 0 Å². The molecule has 0 saturated heterocycles. The van der Waals surface area contributed by atoms with Crippen molar-refractivity contribution in [1.29, 1.82) is 0 Å². The van der Waals surface area contributed by atoms with Crippen molar-refractivity contribution < 1.29 is 4.39 Å². The standard InChI is InChI=1S/C21H24FN3/c1-15(2)24-9-8-21-19(14-24)18-5-3-4-6-20(18)25(21)10-7-16-11-17(22)13-23-12-16/h3-6,11-13,15H,7-10,14H2,1-2H3. The van der Waals surface area contributed by atoms with Gasteiger partial charge < -0.3 is 4.57 Å². The Morgan fingerprint density at radius 3 is 2.84 bits per heavy atom. The number of hydrogen-bond donors (Lipinski definition) is 0. The number of nitrogens with zero attached hydrogens (tertiary/aromatic N) is 3. The molecule has 0 aliphatic carbocycles. The Balaban J connectivity index is 1.69. The first-order valence-corrected chi connectivity index (χ1v) is 9.06. The summed E-state index contributed by atoms with van der Waals surface area (Å²) in [6.07, 6.45) is 4.89. The first-order valence-electron chi connectivity index (χ1n) is 9.06. The fraction of sp³-hybridized carbons (Fsp3) is 0.381. The van der Waals surface area contributed by atoms with Gasteiger partial charge in [0.1, 0.15) is 5.82 Å². The first-order chi connectivity index (χ1) is 12.1. The molecule has 2 aromatic heterocycles. The van der Waals surface area contributed by atoms with Gasteiger partial charge in [-0.05, 0) is 43.5 Å². The minimum absolute atomic E-state index is 0.260. The van der Waals surface area contributed by atoms with Crippen LogP contribution in [-0.2, 0) is 25.9 Å². The molecule has 3 nitrogen and oxygen atoms in total. The normalized spacial score (nSPS) is 15.0. The maximum atomic E-state index is 13.4. The van der Waals surface area contributed by atoms with Crippen LogP contribution >= 0.6 is 0 Å². The summed E-state index contributed by atoms with van der Waals surface area (Å²) in [5.74, 6) is -0.260. The molecule has 1 aromatic carbocycles. The summed E-state index contributed by atoms with van der Waals surface area (Å²) in [5.41, 5.74) is 5.16. The second-order valence-corrected chi connectivity index (χ2v) is 7.17. The van der Waals surface area contributed by atoms with Gasteiger partial charge in [0.05, 0.1) is 6.20 Å². The summed E-state index contributed by atoms with van der Waals surface area (Å²) in [7, 11) is 0. The molecule has 0 atom stereocenters. The summed E-state index contributed by atoms with van der Waals surface area (Å²) < 4.78 is 15.8. The average molecular weight is 337 g/mol. The molecule has 3 heterocycles. The highest BCUT2D eigenvalue weighted by molar-refractivity contribution is 5.85. The maximum Gasteiger partial charge on any atom is 0.141 e. The number of aryl methyl sites for hydroxylation is 2. The Hall–Kier alpha value is -2.20. The zero-order valence-electron chi connectivity index (χ0n) is 14.9. The van der Waals surface area contributed by atoms with Crippen molar-refractivity contribution >= 4 is 10.9 Å². The van der Waals surface area contributed by atoms with E-state index in [0.717, 1.165) is 38.0 Å². The van der Waals surface area contributed by atoms with Crippen LogP contribution < -0.4 is 0 Å².